The smallest absolute Gasteiger partial charge is 0.00793 e. The summed E-state index contributed by atoms with van der Waals surface area (Å²) in [5, 5.41) is 3.49. The molecule has 0 bridgehead atoms. The highest BCUT2D eigenvalue weighted by Gasteiger charge is 2.10. The van der Waals surface area contributed by atoms with Crippen molar-refractivity contribution in [1.82, 2.24) is 5.32 Å². The lowest BCUT2D eigenvalue weighted by Crippen LogP contribution is -2.27. The van der Waals surface area contributed by atoms with Crippen molar-refractivity contribution in [2.45, 2.75) is 25.8 Å². The van der Waals surface area contributed by atoms with Gasteiger partial charge in [0.15, 0.2) is 0 Å². The van der Waals surface area contributed by atoms with Crippen molar-refractivity contribution in [2.75, 3.05) is 6.54 Å². The summed E-state index contributed by atoms with van der Waals surface area (Å²) in [6.45, 7) is 3.38. The summed E-state index contributed by atoms with van der Waals surface area (Å²) in [5.74, 6) is 0. The lowest BCUT2D eigenvalue weighted by atomic mass is 10.0. The molecular formula is C11H15N. The van der Waals surface area contributed by atoms with Crippen LogP contribution in [0.5, 0.6) is 0 Å². The first kappa shape index (κ1) is 7.81. The van der Waals surface area contributed by atoms with Crippen molar-refractivity contribution >= 4 is 0 Å². The Bertz CT molecular complexity index is 267. The van der Waals surface area contributed by atoms with Gasteiger partial charge in [-0.25, -0.2) is 0 Å². The van der Waals surface area contributed by atoms with Gasteiger partial charge < -0.3 is 5.32 Å². The molecule has 1 aliphatic heterocycles. The summed E-state index contributed by atoms with van der Waals surface area (Å²) in [6, 6.07) is 9.40. The molecule has 0 amide bonds. The number of fused-ring (bicyclic) bond motifs is 1. The molecule has 1 aromatic carbocycles. The number of rotatable bonds is 0. The van der Waals surface area contributed by atoms with Crippen LogP contribution in [0.25, 0.3) is 0 Å². The Morgan fingerprint density at radius 2 is 2.00 bits per heavy atom. The van der Waals surface area contributed by atoms with Crippen molar-refractivity contribution in [3.8, 4) is 0 Å². The zero-order valence-corrected chi connectivity index (χ0v) is 7.51. The van der Waals surface area contributed by atoms with E-state index >= 15 is 0 Å². The van der Waals surface area contributed by atoms with Gasteiger partial charge in [0.05, 0.1) is 0 Å². The van der Waals surface area contributed by atoms with Gasteiger partial charge in [-0.3, -0.25) is 0 Å². The molecule has 64 valence electrons. The topological polar surface area (TPSA) is 12.0 Å². The Morgan fingerprint density at radius 3 is 2.83 bits per heavy atom. The highest BCUT2D eigenvalue weighted by molar-refractivity contribution is 5.29. The molecule has 0 saturated carbocycles. The number of hydrogen-bond donors (Lipinski definition) is 1. The maximum atomic E-state index is 3.49. The molecule has 1 nitrogen and oxygen atoms in total. The third kappa shape index (κ3) is 1.51. The van der Waals surface area contributed by atoms with E-state index in [1.165, 1.54) is 24.0 Å². The summed E-state index contributed by atoms with van der Waals surface area (Å²) >= 11 is 0. The molecule has 2 rings (SSSR count). The standard InChI is InChI=1S/C11H15N/c1-9-8-11-5-3-2-4-10(11)6-7-12-9/h2-5,9,12H,6-8H2,1H3/t9-/m0/s1. The number of nitrogens with one attached hydrogen (secondary N) is 1. The molecule has 1 heteroatoms. The second kappa shape index (κ2) is 3.28. The highest BCUT2D eigenvalue weighted by Crippen LogP contribution is 2.14. The largest absolute Gasteiger partial charge is 0.314 e. The van der Waals surface area contributed by atoms with Crippen LogP contribution in [0, 0.1) is 0 Å². The van der Waals surface area contributed by atoms with E-state index in [2.05, 4.69) is 36.5 Å². The van der Waals surface area contributed by atoms with Crippen LogP contribution in [0.1, 0.15) is 18.1 Å². The second-order valence-corrected chi connectivity index (χ2v) is 3.58. The van der Waals surface area contributed by atoms with Crippen LogP contribution >= 0.6 is 0 Å². The third-order valence-corrected chi connectivity index (χ3v) is 2.53. The third-order valence-electron chi connectivity index (χ3n) is 2.53. The van der Waals surface area contributed by atoms with Crippen LogP contribution < -0.4 is 5.32 Å². The van der Waals surface area contributed by atoms with Crippen LogP contribution in [0.2, 0.25) is 0 Å². The molecule has 0 spiro atoms. The molecule has 1 aromatic rings. The van der Waals surface area contributed by atoms with Crippen molar-refractivity contribution in [2.24, 2.45) is 0 Å². The Labute approximate surface area is 73.8 Å². The van der Waals surface area contributed by atoms with E-state index in [-0.39, 0.29) is 0 Å². The summed E-state index contributed by atoms with van der Waals surface area (Å²) < 4.78 is 0. The van der Waals surface area contributed by atoms with E-state index in [0.29, 0.717) is 6.04 Å². The first-order chi connectivity index (χ1) is 5.86. The maximum Gasteiger partial charge on any atom is 0.00793 e. The molecule has 12 heavy (non-hydrogen) atoms. The lowest BCUT2D eigenvalue weighted by Gasteiger charge is -2.08. The summed E-state index contributed by atoms with van der Waals surface area (Å²) in [6.07, 6.45) is 2.36. The number of hydrogen-bond acceptors (Lipinski definition) is 1. The Balaban J connectivity index is 2.31. The SMILES string of the molecule is C[C@H]1Cc2ccccc2CCN1. The Hall–Kier alpha value is -0.820. The van der Waals surface area contributed by atoms with Gasteiger partial charge in [-0.2, -0.15) is 0 Å². The summed E-state index contributed by atoms with van der Waals surface area (Å²) in [7, 11) is 0. The van der Waals surface area contributed by atoms with Crippen LogP contribution in [0.15, 0.2) is 24.3 Å². The minimum absolute atomic E-state index is 0.633. The average Bonchev–Trinajstić information content (AvgIpc) is 2.25. The van der Waals surface area contributed by atoms with E-state index in [1.807, 2.05) is 0 Å². The lowest BCUT2D eigenvalue weighted by molar-refractivity contribution is 0.568. The predicted octanol–water partition coefficient (Wildman–Crippen LogP) is 1.76. The average molecular weight is 161 g/mol. The fourth-order valence-electron chi connectivity index (χ4n) is 1.86. The van der Waals surface area contributed by atoms with Crippen molar-refractivity contribution in [3.05, 3.63) is 35.4 Å². The maximum absolute atomic E-state index is 3.49. The van der Waals surface area contributed by atoms with Gasteiger partial charge in [0.2, 0.25) is 0 Å². The van der Waals surface area contributed by atoms with Crippen molar-refractivity contribution in [3.63, 3.8) is 0 Å². The molecule has 0 fully saturated rings. The highest BCUT2D eigenvalue weighted by atomic mass is 14.9. The molecule has 0 saturated heterocycles. The zero-order chi connectivity index (χ0) is 8.39. The molecule has 1 atom stereocenters. The summed E-state index contributed by atoms with van der Waals surface area (Å²) in [5.41, 5.74) is 3.05. The summed E-state index contributed by atoms with van der Waals surface area (Å²) in [4.78, 5) is 0. The minimum atomic E-state index is 0.633. The predicted molar refractivity (Wildman–Crippen MR) is 51.3 cm³/mol. The van der Waals surface area contributed by atoms with Gasteiger partial charge in [0.25, 0.3) is 0 Å². The van der Waals surface area contributed by atoms with E-state index < -0.39 is 0 Å². The fourth-order valence-corrected chi connectivity index (χ4v) is 1.86. The van der Waals surface area contributed by atoms with E-state index in [0.717, 1.165) is 6.54 Å². The molecule has 1 heterocycles. The molecule has 1 aliphatic rings. The molecule has 1 N–H and O–H groups in total. The van der Waals surface area contributed by atoms with Crippen LogP contribution in [-0.2, 0) is 12.8 Å². The quantitative estimate of drug-likeness (QED) is 0.611. The van der Waals surface area contributed by atoms with Crippen LogP contribution in [-0.4, -0.2) is 12.6 Å². The van der Waals surface area contributed by atoms with E-state index in [9.17, 15) is 0 Å². The Morgan fingerprint density at radius 1 is 1.25 bits per heavy atom. The van der Waals surface area contributed by atoms with Gasteiger partial charge in [0.1, 0.15) is 0 Å². The van der Waals surface area contributed by atoms with Gasteiger partial charge >= 0.3 is 0 Å². The fraction of sp³-hybridized carbons (Fsp3) is 0.455. The Kier molecular flexibility index (Phi) is 2.13. The van der Waals surface area contributed by atoms with Gasteiger partial charge in [0, 0.05) is 6.04 Å². The normalized spacial score (nSPS) is 22.9. The van der Waals surface area contributed by atoms with Gasteiger partial charge in [-0.1, -0.05) is 24.3 Å². The first-order valence-corrected chi connectivity index (χ1v) is 4.66. The molecule has 0 aliphatic carbocycles. The number of benzene rings is 1. The van der Waals surface area contributed by atoms with Crippen LogP contribution in [0.4, 0.5) is 0 Å². The van der Waals surface area contributed by atoms with Gasteiger partial charge in [-0.05, 0) is 37.4 Å². The van der Waals surface area contributed by atoms with Crippen molar-refractivity contribution in [1.29, 1.82) is 0 Å². The molecule has 0 radical (unpaired) electrons. The first-order valence-electron chi connectivity index (χ1n) is 4.66. The zero-order valence-electron chi connectivity index (χ0n) is 7.51. The van der Waals surface area contributed by atoms with Gasteiger partial charge in [-0.15, -0.1) is 0 Å². The monoisotopic (exact) mass is 161 g/mol. The van der Waals surface area contributed by atoms with Crippen molar-refractivity contribution < 1.29 is 0 Å². The molecular weight excluding hydrogens is 146 g/mol. The minimum Gasteiger partial charge on any atom is -0.314 e. The molecule has 0 unspecified atom stereocenters. The molecule has 0 aromatic heterocycles. The van der Waals surface area contributed by atoms with E-state index in [4.69, 9.17) is 0 Å². The van der Waals surface area contributed by atoms with Crippen LogP contribution in [0.3, 0.4) is 0 Å². The second-order valence-electron chi connectivity index (χ2n) is 3.58. The van der Waals surface area contributed by atoms with E-state index in [1.54, 1.807) is 0 Å².